The van der Waals surface area contributed by atoms with Crippen LogP contribution in [0.1, 0.15) is 39.0 Å². The minimum absolute atomic E-state index is 0.0237. The van der Waals surface area contributed by atoms with Gasteiger partial charge in [-0.05, 0) is 44.4 Å². The molecule has 2 rings (SSSR count). The van der Waals surface area contributed by atoms with E-state index in [0.29, 0.717) is 11.8 Å². The van der Waals surface area contributed by atoms with Gasteiger partial charge in [0.05, 0.1) is 6.42 Å². The number of rotatable bonds is 6. The summed E-state index contributed by atoms with van der Waals surface area (Å²) in [7, 11) is 0. The monoisotopic (exact) mass is 240 g/mol. The van der Waals surface area contributed by atoms with E-state index in [1.165, 1.54) is 12.8 Å². The SMILES string of the molecule is CC(NC(=O)NC(CC(=O)O)C1CC1)C1CC1. The lowest BCUT2D eigenvalue weighted by atomic mass is 10.1. The zero-order valence-corrected chi connectivity index (χ0v) is 10.1. The highest BCUT2D eigenvalue weighted by Gasteiger charge is 2.34. The summed E-state index contributed by atoms with van der Waals surface area (Å²) in [4.78, 5) is 22.4. The second-order valence-electron chi connectivity index (χ2n) is 5.29. The van der Waals surface area contributed by atoms with Gasteiger partial charge in [-0.2, -0.15) is 0 Å². The quantitative estimate of drug-likeness (QED) is 0.655. The number of nitrogens with one attached hydrogen (secondary N) is 2. The van der Waals surface area contributed by atoms with Crippen LogP contribution in [0.2, 0.25) is 0 Å². The van der Waals surface area contributed by atoms with Gasteiger partial charge in [-0.3, -0.25) is 4.79 Å². The van der Waals surface area contributed by atoms with Gasteiger partial charge in [-0.15, -0.1) is 0 Å². The molecule has 5 nitrogen and oxygen atoms in total. The maximum Gasteiger partial charge on any atom is 0.315 e. The van der Waals surface area contributed by atoms with Crippen LogP contribution in [0.3, 0.4) is 0 Å². The molecule has 0 saturated heterocycles. The van der Waals surface area contributed by atoms with Gasteiger partial charge in [-0.25, -0.2) is 4.79 Å². The van der Waals surface area contributed by atoms with Gasteiger partial charge in [0.15, 0.2) is 0 Å². The van der Waals surface area contributed by atoms with E-state index in [1.54, 1.807) is 0 Å². The number of amides is 2. The number of carbonyl (C=O) groups is 2. The molecule has 2 saturated carbocycles. The molecule has 2 aliphatic rings. The molecule has 96 valence electrons. The van der Waals surface area contributed by atoms with Crippen molar-refractivity contribution in [3.63, 3.8) is 0 Å². The molecular formula is C12H20N2O3. The first-order chi connectivity index (χ1) is 8.06. The first kappa shape index (κ1) is 12.2. The topological polar surface area (TPSA) is 78.4 Å². The van der Waals surface area contributed by atoms with Crippen molar-refractivity contribution in [3.05, 3.63) is 0 Å². The Bertz CT molecular complexity index is 311. The molecule has 3 N–H and O–H groups in total. The van der Waals surface area contributed by atoms with Gasteiger partial charge in [0, 0.05) is 12.1 Å². The minimum Gasteiger partial charge on any atom is -0.481 e. The third-order valence-electron chi connectivity index (χ3n) is 3.59. The third kappa shape index (κ3) is 3.91. The molecule has 0 aliphatic heterocycles. The van der Waals surface area contributed by atoms with Gasteiger partial charge >= 0.3 is 12.0 Å². The van der Waals surface area contributed by atoms with Gasteiger partial charge in [0.1, 0.15) is 0 Å². The fourth-order valence-corrected chi connectivity index (χ4v) is 2.15. The van der Waals surface area contributed by atoms with Crippen LogP contribution >= 0.6 is 0 Å². The summed E-state index contributed by atoms with van der Waals surface area (Å²) in [5.74, 6) is 0.116. The summed E-state index contributed by atoms with van der Waals surface area (Å²) < 4.78 is 0. The Hall–Kier alpha value is -1.26. The van der Waals surface area contributed by atoms with E-state index in [2.05, 4.69) is 10.6 Å². The molecule has 0 radical (unpaired) electrons. The van der Waals surface area contributed by atoms with Crippen LogP contribution in [0, 0.1) is 11.8 Å². The Morgan fingerprint density at radius 3 is 2.24 bits per heavy atom. The maximum absolute atomic E-state index is 11.7. The van der Waals surface area contributed by atoms with E-state index in [9.17, 15) is 9.59 Å². The van der Waals surface area contributed by atoms with Crippen LogP contribution in [0.4, 0.5) is 4.79 Å². The summed E-state index contributed by atoms with van der Waals surface area (Å²) in [5, 5.41) is 14.5. The summed E-state index contributed by atoms with van der Waals surface area (Å²) in [5.41, 5.74) is 0. The number of carboxylic acid groups (broad SMARTS) is 1. The Kier molecular flexibility index (Phi) is 3.54. The Balaban J connectivity index is 1.75. The van der Waals surface area contributed by atoms with Crippen molar-refractivity contribution in [2.24, 2.45) is 11.8 Å². The first-order valence-electron chi connectivity index (χ1n) is 6.35. The Labute approximate surface area is 101 Å². The van der Waals surface area contributed by atoms with Crippen molar-refractivity contribution >= 4 is 12.0 Å². The second-order valence-corrected chi connectivity index (χ2v) is 5.29. The van der Waals surface area contributed by atoms with Crippen LogP contribution in [0.25, 0.3) is 0 Å². The maximum atomic E-state index is 11.7. The number of carbonyl (C=O) groups excluding carboxylic acids is 1. The molecular weight excluding hydrogens is 220 g/mol. The lowest BCUT2D eigenvalue weighted by Gasteiger charge is -2.19. The fraction of sp³-hybridized carbons (Fsp3) is 0.833. The van der Waals surface area contributed by atoms with Gasteiger partial charge in [0.2, 0.25) is 0 Å². The number of urea groups is 1. The molecule has 0 spiro atoms. The van der Waals surface area contributed by atoms with E-state index < -0.39 is 5.97 Å². The molecule has 0 heterocycles. The number of hydrogen-bond acceptors (Lipinski definition) is 2. The highest BCUT2D eigenvalue weighted by atomic mass is 16.4. The van der Waals surface area contributed by atoms with Gasteiger partial charge < -0.3 is 15.7 Å². The van der Waals surface area contributed by atoms with Crippen LogP contribution in [-0.4, -0.2) is 29.2 Å². The normalized spacial score (nSPS) is 22.6. The highest BCUT2D eigenvalue weighted by Crippen LogP contribution is 2.34. The smallest absolute Gasteiger partial charge is 0.315 e. The summed E-state index contributed by atoms with van der Waals surface area (Å²) in [6, 6.07) is -0.235. The predicted octanol–water partition coefficient (Wildman–Crippen LogP) is 1.34. The molecule has 2 fully saturated rings. The van der Waals surface area contributed by atoms with Crippen molar-refractivity contribution in [2.45, 2.75) is 51.1 Å². The largest absolute Gasteiger partial charge is 0.481 e. The molecule has 0 bridgehead atoms. The first-order valence-corrected chi connectivity index (χ1v) is 6.35. The standard InChI is InChI=1S/C12H20N2O3/c1-7(8-2-3-8)13-12(17)14-10(6-11(15)16)9-4-5-9/h7-10H,2-6H2,1H3,(H,15,16)(H2,13,14,17). The van der Waals surface area contributed by atoms with Gasteiger partial charge in [0.25, 0.3) is 0 Å². The van der Waals surface area contributed by atoms with Crippen molar-refractivity contribution in [2.75, 3.05) is 0 Å². The lowest BCUT2D eigenvalue weighted by Crippen LogP contribution is -2.47. The number of carboxylic acids is 1. The minimum atomic E-state index is -0.850. The summed E-state index contributed by atoms with van der Waals surface area (Å²) in [6.45, 7) is 2.00. The second kappa shape index (κ2) is 4.94. The molecule has 2 aliphatic carbocycles. The average Bonchev–Trinajstić information content (AvgIpc) is 3.09. The lowest BCUT2D eigenvalue weighted by molar-refractivity contribution is -0.137. The molecule has 0 aromatic carbocycles. The molecule has 2 unspecified atom stereocenters. The number of aliphatic carboxylic acids is 1. The molecule has 5 heteroatoms. The zero-order chi connectivity index (χ0) is 12.4. The van der Waals surface area contributed by atoms with Gasteiger partial charge in [-0.1, -0.05) is 0 Å². The van der Waals surface area contributed by atoms with Crippen LogP contribution in [-0.2, 0) is 4.79 Å². The summed E-state index contributed by atoms with van der Waals surface area (Å²) >= 11 is 0. The van der Waals surface area contributed by atoms with Crippen LogP contribution in [0.15, 0.2) is 0 Å². The fourth-order valence-electron chi connectivity index (χ4n) is 2.15. The molecule has 0 aromatic heterocycles. The predicted molar refractivity (Wildman–Crippen MR) is 62.6 cm³/mol. The van der Waals surface area contributed by atoms with E-state index >= 15 is 0 Å². The molecule has 2 atom stereocenters. The Morgan fingerprint density at radius 1 is 1.18 bits per heavy atom. The van der Waals surface area contributed by atoms with Crippen LogP contribution in [0.5, 0.6) is 0 Å². The van der Waals surface area contributed by atoms with E-state index in [4.69, 9.17) is 5.11 Å². The third-order valence-corrected chi connectivity index (χ3v) is 3.59. The van der Waals surface area contributed by atoms with Crippen molar-refractivity contribution in [3.8, 4) is 0 Å². The van der Waals surface area contributed by atoms with E-state index in [-0.39, 0.29) is 24.5 Å². The number of hydrogen-bond donors (Lipinski definition) is 3. The van der Waals surface area contributed by atoms with Crippen molar-refractivity contribution < 1.29 is 14.7 Å². The van der Waals surface area contributed by atoms with Crippen molar-refractivity contribution in [1.29, 1.82) is 0 Å². The highest BCUT2D eigenvalue weighted by molar-refractivity contribution is 5.76. The Morgan fingerprint density at radius 2 is 1.76 bits per heavy atom. The zero-order valence-electron chi connectivity index (χ0n) is 10.1. The molecule has 0 aromatic rings. The average molecular weight is 240 g/mol. The molecule has 17 heavy (non-hydrogen) atoms. The van der Waals surface area contributed by atoms with E-state index in [1.807, 2.05) is 6.92 Å². The van der Waals surface area contributed by atoms with Crippen LogP contribution < -0.4 is 10.6 Å². The molecule has 2 amide bonds. The summed E-state index contributed by atoms with van der Waals surface area (Å²) in [6.07, 6.45) is 4.44. The van der Waals surface area contributed by atoms with Crippen molar-refractivity contribution in [1.82, 2.24) is 10.6 Å². The van der Waals surface area contributed by atoms with E-state index in [0.717, 1.165) is 12.8 Å².